The average Bonchev–Trinajstić information content (AvgIpc) is 2.41. The first-order chi connectivity index (χ1) is 10.4. The summed E-state index contributed by atoms with van der Waals surface area (Å²) in [4.78, 5) is 11.4. The van der Waals surface area contributed by atoms with Gasteiger partial charge in [-0.25, -0.2) is 8.42 Å². The van der Waals surface area contributed by atoms with Gasteiger partial charge in [-0.15, -0.1) is 0 Å². The lowest BCUT2D eigenvalue weighted by Gasteiger charge is -2.19. The third kappa shape index (κ3) is 6.06. The standard InChI is InChI=1S/C13H18F3N3O3S/c1-23(21,22)11(17)6-5-10(12(18)20)19-9-4-2-3-8(7-9)13(14,15)16/h2-4,7,10-11,19H,5-6,17H2,1H3,(H2,18,20)/t10-,11?/m0/s1. The Morgan fingerprint density at radius 3 is 2.39 bits per heavy atom. The number of primary amides is 1. The zero-order valence-corrected chi connectivity index (χ0v) is 13.1. The Hall–Kier alpha value is -1.81. The second-order valence-corrected chi connectivity index (χ2v) is 7.39. The molecule has 2 atom stereocenters. The Kier molecular flexibility index (Phi) is 6.00. The minimum atomic E-state index is -4.52. The number of amides is 1. The van der Waals surface area contributed by atoms with Gasteiger partial charge in [0.2, 0.25) is 5.91 Å². The van der Waals surface area contributed by atoms with Gasteiger partial charge >= 0.3 is 6.18 Å². The highest BCUT2D eigenvalue weighted by Gasteiger charge is 2.30. The van der Waals surface area contributed by atoms with Crippen molar-refractivity contribution >= 4 is 21.4 Å². The Bertz CT molecular complexity index is 662. The number of halogens is 3. The van der Waals surface area contributed by atoms with E-state index in [0.29, 0.717) is 0 Å². The number of carbonyl (C=O) groups is 1. The minimum absolute atomic E-state index is 0.0280. The van der Waals surface area contributed by atoms with Gasteiger partial charge in [-0.1, -0.05) is 6.07 Å². The van der Waals surface area contributed by atoms with E-state index in [1.165, 1.54) is 12.1 Å². The molecular formula is C13H18F3N3O3S. The van der Waals surface area contributed by atoms with Crippen LogP contribution in [-0.2, 0) is 20.8 Å². The van der Waals surface area contributed by atoms with Crippen molar-refractivity contribution in [1.29, 1.82) is 0 Å². The van der Waals surface area contributed by atoms with Crippen molar-refractivity contribution in [2.75, 3.05) is 11.6 Å². The van der Waals surface area contributed by atoms with Crippen molar-refractivity contribution < 1.29 is 26.4 Å². The topological polar surface area (TPSA) is 115 Å². The fraction of sp³-hybridized carbons (Fsp3) is 0.462. The molecule has 1 aromatic rings. The van der Waals surface area contributed by atoms with Crippen LogP contribution in [-0.4, -0.2) is 32.0 Å². The minimum Gasteiger partial charge on any atom is -0.374 e. The van der Waals surface area contributed by atoms with Gasteiger partial charge in [0.15, 0.2) is 9.84 Å². The summed E-state index contributed by atoms with van der Waals surface area (Å²) in [5, 5.41) is 1.40. The molecule has 6 nitrogen and oxygen atoms in total. The fourth-order valence-electron chi connectivity index (χ4n) is 1.82. The van der Waals surface area contributed by atoms with Crippen LogP contribution in [0, 0.1) is 0 Å². The third-order valence-electron chi connectivity index (χ3n) is 3.16. The monoisotopic (exact) mass is 353 g/mol. The number of hydrogen-bond donors (Lipinski definition) is 3. The molecule has 0 aliphatic rings. The highest BCUT2D eigenvalue weighted by Crippen LogP contribution is 2.30. The lowest BCUT2D eigenvalue weighted by molar-refractivity contribution is -0.137. The van der Waals surface area contributed by atoms with Gasteiger partial charge in [-0.2, -0.15) is 13.2 Å². The summed E-state index contributed by atoms with van der Waals surface area (Å²) in [5.41, 5.74) is 9.82. The molecule has 0 saturated heterocycles. The van der Waals surface area contributed by atoms with Gasteiger partial charge in [-0.05, 0) is 31.0 Å². The second-order valence-electron chi connectivity index (χ2n) is 5.12. The zero-order valence-electron chi connectivity index (χ0n) is 12.3. The van der Waals surface area contributed by atoms with E-state index in [-0.39, 0.29) is 18.5 Å². The normalized spacial score (nSPS) is 15.0. The summed E-state index contributed by atoms with van der Waals surface area (Å²) in [6, 6.07) is 3.23. The number of nitrogens with two attached hydrogens (primary N) is 2. The summed E-state index contributed by atoms with van der Waals surface area (Å²) < 4.78 is 60.4. The molecule has 0 aliphatic heterocycles. The lowest BCUT2D eigenvalue weighted by Crippen LogP contribution is -2.38. The quantitative estimate of drug-likeness (QED) is 0.678. The van der Waals surface area contributed by atoms with Crippen LogP contribution in [0.1, 0.15) is 18.4 Å². The van der Waals surface area contributed by atoms with Crippen molar-refractivity contribution in [1.82, 2.24) is 0 Å². The van der Waals surface area contributed by atoms with Crippen LogP contribution in [0.3, 0.4) is 0 Å². The molecule has 0 spiro atoms. The van der Waals surface area contributed by atoms with Crippen molar-refractivity contribution in [2.45, 2.75) is 30.4 Å². The number of nitrogens with one attached hydrogen (secondary N) is 1. The van der Waals surface area contributed by atoms with Gasteiger partial charge in [-0.3, -0.25) is 4.79 Å². The maximum absolute atomic E-state index is 12.6. The van der Waals surface area contributed by atoms with Gasteiger partial charge in [0.25, 0.3) is 0 Å². The van der Waals surface area contributed by atoms with E-state index in [1.54, 1.807) is 0 Å². The summed E-state index contributed by atoms with van der Waals surface area (Å²) >= 11 is 0. The molecule has 1 rings (SSSR count). The number of rotatable bonds is 7. The summed E-state index contributed by atoms with van der Waals surface area (Å²) in [7, 11) is -3.47. The molecule has 10 heteroatoms. The van der Waals surface area contributed by atoms with E-state index < -0.39 is 38.9 Å². The molecular weight excluding hydrogens is 335 g/mol. The summed E-state index contributed by atoms with van der Waals surface area (Å²) in [6.45, 7) is 0. The number of carbonyl (C=O) groups excluding carboxylic acids is 1. The van der Waals surface area contributed by atoms with E-state index in [2.05, 4.69) is 5.32 Å². The van der Waals surface area contributed by atoms with Crippen molar-refractivity contribution in [3.8, 4) is 0 Å². The molecule has 0 radical (unpaired) electrons. The molecule has 0 saturated carbocycles. The van der Waals surface area contributed by atoms with Crippen LogP contribution in [0.25, 0.3) is 0 Å². The van der Waals surface area contributed by atoms with Crippen LogP contribution < -0.4 is 16.8 Å². The molecule has 0 aromatic heterocycles. The smallest absolute Gasteiger partial charge is 0.374 e. The van der Waals surface area contributed by atoms with Crippen molar-refractivity contribution in [3.63, 3.8) is 0 Å². The van der Waals surface area contributed by atoms with Gasteiger partial charge in [0.05, 0.1) is 5.56 Å². The SMILES string of the molecule is CS(=O)(=O)C(N)CC[C@H](Nc1cccc(C(F)(F)F)c1)C(N)=O. The second kappa shape index (κ2) is 7.18. The molecule has 0 aliphatic carbocycles. The molecule has 0 bridgehead atoms. The van der Waals surface area contributed by atoms with Crippen LogP contribution in [0.5, 0.6) is 0 Å². The summed E-state index contributed by atoms with van der Waals surface area (Å²) in [5.74, 6) is -0.817. The first kappa shape index (κ1) is 19.2. The predicted octanol–water partition coefficient (Wildman–Crippen LogP) is 1.08. The molecule has 23 heavy (non-hydrogen) atoms. The van der Waals surface area contributed by atoms with E-state index >= 15 is 0 Å². The maximum atomic E-state index is 12.6. The van der Waals surface area contributed by atoms with Crippen LogP contribution in [0.4, 0.5) is 18.9 Å². The number of hydrogen-bond acceptors (Lipinski definition) is 5. The molecule has 1 amide bonds. The first-order valence-corrected chi connectivity index (χ1v) is 8.54. The molecule has 0 fully saturated rings. The van der Waals surface area contributed by atoms with Gasteiger partial charge in [0, 0.05) is 11.9 Å². The van der Waals surface area contributed by atoms with E-state index in [9.17, 15) is 26.4 Å². The number of anilines is 1. The number of alkyl halides is 3. The molecule has 0 heterocycles. The number of benzene rings is 1. The fourth-order valence-corrected chi connectivity index (χ4v) is 2.38. The molecule has 1 aromatic carbocycles. The van der Waals surface area contributed by atoms with Crippen LogP contribution >= 0.6 is 0 Å². The molecule has 130 valence electrons. The molecule has 1 unspecified atom stereocenters. The Morgan fingerprint density at radius 1 is 1.30 bits per heavy atom. The molecule has 5 N–H and O–H groups in total. The third-order valence-corrected chi connectivity index (χ3v) is 4.50. The van der Waals surface area contributed by atoms with E-state index in [1.807, 2.05) is 0 Å². The highest BCUT2D eigenvalue weighted by atomic mass is 32.2. The average molecular weight is 353 g/mol. The van der Waals surface area contributed by atoms with Gasteiger partial charge in [0.1, 0.15) is 11.4 Å². The largest absolute Gasteiger partial charge is 0.416 e. The van der Waals surface area contributed by atoms with Gasteiger partial charge < -0.3 is 16.8 Å². The Labute approximate surface area is 131 Å². The summed E-state index contributed by atoms with van der Waals surface area (Å²) in [6.07, 6.45) is -3.64. The van der Waals surface area contributed by atoms with Crippen LogP contribution in [0.2, 0.25) is 0 Å². The zero-order chi connectivity index (χ0) is 17.8. The lowest BCUT2D eigenvalue weighted by atomic mass is 10.1. The predicted molar refractivity (Wildman–Crippen MR) is 80.1 cm³/mol. The Morgan fingerprint density at radius 2 is 1.91 bits per heavy atom. The van der Waals surface area contributed by atoms with Crippen LogP contribution in [0.15, 0.2) is 24.3 Å². The van der Waals surface area contributed by atoms with Crippen molar-refractivity contribution in [2.24, 2.45) is 11.5 Å². The van der Waals surface area contributed by atoms with Crippen molar-refractivity contribution in [3.05, 3.63) is 29.8 Å². The first-order valence-electron chi connectivity index (χ1n) is 6.59. The van der Waals surface area contributed by atoms with E-state index in [4.69, 9.17) is 11.5 Å². The maximum Gasteiger partial charge on any atom is 0.416 e. The number of sulfone groups is 1. The Balaban J connectivity index is 2.83. The highest BCUT2D eigenvalue weighted by molar-refractivity contribution is 7.91. The van der Waals surface area contributed by atoms with E-state index in [0.717, 1.165) is 18.4 Å².